The average Bonchev–Trinajstić information content (AvgIpc) is 2.82. The summed E-state index contributed by atoms with van der Waals surface area (Å²) in [4.78, 5) is 33.3. The van der Waals surface area contributed by atoms with Crippen molar-refractivity contribution in [1.82, 2.24) is 14.5 Å². The van der Waals surface area contributed by atoms with Gasteiger partial charge in [-0.15, -0.1) is 0 Å². The first-order chi connectivity index (χ1) is 16.7. The molecule has 7 nitrogen and oxygen atoms in total. The van der Waals surface area contributed by atoms with Crippen LogP contribution in [0.3, 0.4) is 0 Å². The van der Waals surface area contributed by atoms with Gasteiger partial charge in [0.05, 0.1) is 26.2 Å². The molecule has 3 aromatic rings. The predicted molar refractivity (Wildman–Crippen MR) is 131 cm³/mol. The zero-order chi connectivity index (χ0) is 25.0. The Bertz CT molecular complexity index is 1490. The minimum Gasteiger partial charge on any atom is -0.350 e. The molecule has 0 N–H and O–H groups in total. The number of hydrogen-bond donors (Lipinski definition) is 0. The third-order valence-electron chi connectivity index (χ3n) is 6.46. The lowest BCUT2D eigenvalue weighted by Gasteiger charge is -2.40. The molecule has 1 saturated heterocycles. The van der Waals surface area contributed by atoms with Crippen LogP contribution in [0.1, 0.15) is 6.92 Å². The summed E-state index contributed by atoms with van der Waals surface area (Å²) in [5, 5.41) is 0.633. The quantitative estimate of drug-likeness (QED) is 0.497. The highest BCUT2D eigenvalue weighted by Gasteiger charge is 2.33. The molecule has 0 spiro atoms. The van der Waals surface area contributed by atoms with E-state index in [1.54, 1.807) is 11.0 Å². The van der Waals surface area contributed by atoms with Crippen molar-refractivity contribution in [1.29, 1.82) is 0 Å². The first kappa shape index (κ1) is 23.6. The standard InChI is InChI=1S/C24H21ClF2N4O3S/c1-3-19(32)29-6-7-30(13(2)12-29)23-16-11-17(25)20(15-5-4-14(26)10-18(15)27)22-21(16)31(24(33)28-23)8-9-35(22)34/h3-5,10-11,13H,1,6-9,12H2,2H3/t13-,35?/m0/s1. The van der Waals surface area contributed by atoms with Gasteiger partial charge in [0.1, 0.15) is 17.5 Å². The van der Waals surface area contributed by atoms with E-state index in [4.69, 9.17) is 11.6 Å². The van der Waals surface area contributed by atoms with Gasteiger partial charge in [0, 0.05) is 60.6 Å². The molecule has 1 aromatic heterocycles. The second-order valence-corrected chi connectivity index (χ2v) is 10.4. The minimum absolute atomic E-state index is 0.00540. The van der Waals surface area contributed by atoms with E-state index in [-0.39, 0.29) is 45.3 Å². The number of hydrogen-bond acceptors (Lipinski definition) is 5. The van der Waals surface area contributed by atoms with E-state index in [9.17, 15) is 22.6 Å². The van der Waals surface area contributed by atoms with Gasteiger partial charge in [-0.2, -0.15) is 4.98 Å². The van der Waals surface area contributed by atoms with E-state index >= 15 is 0 Å². The number of aromatic nitrogens is 2. The number of nitrogens with zero attached hydrogens (tertiary/aromatic N) is 4. The van der Waals surface area contributed by atoms with Crippen molar-refractivity contribution in [3.8, 4) is 11.1 Å². The highest BCUT2D eigenvalue weighted by atomic mass is 35.5. The molecule has 2 atom stereocenters. The van der Waals surface area contributed by atoms with Crippen LogP contribution in [0.25, 0.3) is 22.0 Å². The lowest BCUT2D eigenvalue weighted by molar-refractivity contribution is -0.126. The van der Waals surface area contributed by atoms with Gasteiger partial charge in [0.15, 0.2) is 0 Å². The molecule has 2 aliphatic heterocycles. The van der Waals surface area contributed by atoms with Crippen molar-refractivity contribution in [2.24, 2.45) is 0 Å². The fourth-order valence-corrected chi connectivity index (χ4v) is 6.63. The van der Waals surface area contributed by atoms with Crippen molar-refractivity contribution in [2.45, 2.75) is 24.4 Å². The number of carbonyl (C=O) groups excluding carboxylic acids is 1. The second-order valence-electron chi connectivity index (χ2n) is 8.53. The lowest BCUT2D eigenvalue weighted by atomic mass is 10.0. The monoisotopic (exact) mass is 518 g/mol. The van der Waals surface area contributed by atoms with E-state index in [0.29, 0.717) is 36.4 Å². The van der Waals surface area contributed by atoms with E-state index in [1.165, 1.54) is 16.7 Å². The van der Waals surface area contributed by atoms with Crippen LogP contribution in [-0.2, 0) is 22.1 Å². The van der Waals surface area contributed by atoms with Crippen LogP contribution in [0, 0.1) is 11.6 Å². The van der Waals surface area contributed by atoms with Crippen molar-refractivity contribution >= 4 is 45.0 Å². The Morgan fingerprint density at radius 3 is 2.71 bits per heavy atom. The fourth-order valence-electron chi connectivity index (χ4n) is 4.83. The van der Waals surface area contributed by atoms with Gasteiger partial charge < -0.3 is 9.80 Å². The second kappa shape index (κ2) is 8.83. The van der Waals surface area contributed by atoms with Gasteiger partial charge in [-0.05, 0) is 31.2 Å². The minimum atomic E-state index is -1.58. The predicted octanol–water partition coefficient (Wildman–Crippen LogP) is 3.34. The number of amides is 1. The van der Waals surface area contributed by atoms with Gasteiger partial charge in [-0.3, -0.25) is 13.6 Å². The van der Waals surface area contributed by atoms with Crippen LogP contribution < -0.4 is 10.6 Å². The molecule has 11 heteroatoms. The van der Waals surface area contributed by atoms with Crippen molar-refractivity contribution in [3.05, 3.63) is 64.1 Å². The van der Waals surface area contributed by atoms with E-state index in [0.717, 1.165) is 12.1 Å². The third-order valence-corrected chi connectivity index (χ3v) is 8.17. The molecule has 182 valence electrons. The molecule has 2 aromatic carbocycles. The summed E-state index contributed by atoms with van der Waals surface area (Å²) >= 11 is 6.65. The van der Waals surface area contributed by atoms with Gasteiger partial charge in [0.2, 0.25) is 5.91 Å². The number of anilines is 1. The van der Waals surface area contributed by atoms with E-state index < -0.39 is 28.1 Å². The summed E-state index contributed by atoms with van der Waals surface area (Å²) in [6, 6.07) is 4.51. The highest BCUT2D eigenvalue weighted by molar-refractivity contribution is 7.85. The van der Waals surface area contributed by atoms with Crippen LogP contribution >= 0.6 is 11.6 Å². The van der Waals surface area contributed by atoms with Crippen LogP contribution in [0.5, 0.6) is 0 Å². The lowest BCUT2D eigenvalue weighted by Crippen LogP contribution is -2.54. The molecular formula is C24H21ClF2N4O3S. The van der Waals surface area contributed by atoms with Gasteiger partial charge in [0.25, 0.3) is 0 Å². The maximum absolute atomic E-state index is 14.8. The van der Waals surface area contributed by atoms with Gasteiger partial charge >= 0.3 is 5.69 Å². The number of halogens is 3. The molecule has 2 aliphatic rings. The SMILES string of the molecule is C=CC(=O)N1CCN(c2nc(=O)n3c4c(c(-c5ccc(F)cc5F)c(Cl)cc24)S(=O)CC3)[C@@H](C)C1. The summed E-state index contributed by atoms with van der Waals surface area (Å²) in [6.07, 6.45) is 1.26. The van der Waals surface area contributed by atoms with Crippen molar-refractivity contribution in [3.63, 3.8) is 0 Å². The third kappa shape index (κ3) is 3.84. The molecule has 1 fully saturated rings. The highest BCUT2D eigenvalue weighted by Crippen LogP contribution is 2.43. The molecule has 0 bridgehead atoms. The Morgan fingerprint density at radius 2 is 2.03 bits per heavy atom. The normalized spacial score (nSPS) is 19.8. The fraction of sp³-hybridized carbons (Fsp3) is 0.292. The van der Waals surface area contributed by atoms with Crippen molar-refractivity contribution < 1.29 is 17.8 Å². The summed E-state index contributed by atoms with van der Waals surface area (Å²) in [5.41, 5.74) is 0.0416. The molecule has 0 radical (unpaired) electrons. The Labute approximate surface area is 207 Å². The van der Waals surface area contributed by atoms with Crippen LogP contribution in [0.4, 0.5) is 14.6 Å². The Morgan fingerprint density at radius 1 is 1.26 bits per heavy atom. The number of piperazine rings is 1. The summed E-state index contributed by atoms with van der Waals surface area (Å²) in [7, 11) is -1.58. The molecular weight excluding hydrogens is 498 g/mol. The molecule has 1 unspecified atom stereocenters. The van der Waals surface area contributed by atoms with Gasteiger partial charge in [-0.1, -0.05) is 18.2 Å². The smallest absolute Gasteiger partial charge is 0.350 e. The Hall–Kier alpha value is -3.11. The first-order valence-corrected chi connectivity index (χ1v) is 12.7. The molecule has 1 amide bonds. The average molecular weight is 519 g/mol. The van der Waals surface area contributed by atoms with E-state index in [2.05, 4.69) is 11.6 Å². The molecule has 35 heavy (non-hydrogen) atoms. The molecule has 0 aliphatic carbocycles. The molecule has 0 saturated carbocycles. The summed E-state index contributed by atoms with van der Waals surface area (Å²) < 4.78 is 43.1. The number of carbonyl (C=O) groups is 1. The maximum atomic E-state index is 14.8. The Balaban J connectivity index is 1.75. The van der Waals surface area contributed by atoms with Crippen molar-refractivity contribution in [2.75, 3.05) is 30.3 Å². The topological polar surface area (TPSA) is 75.5 Å². The van der Waals surface area contributed by atoms with Crippen LogP contribution in [-0.4, -0.2) is 56.0 Å². The largest absolute Gasteiger partial charge is 0.350 e. The number of rotatable bonds is 3. The maximum Gasteiger partial charge on any atom is 0.350 e. The van der Waals surface area contributed by atoms with Gasteiger partial charge in [-0.25, -0.2) is 13.6 Å². The zero-order valence-corrected chi connectivity index (χ0v) is 20.3. The number of benzene rings is 2. The summed E-state index contributed by atoms with van der Waals surface area (Å²) in [5.74, 6) is -1.26. The molecule has 3 heterocycles. The van der Waals surface area contributed by atoms with E-state index in [1.807, 2.05) is 11.8 Å². The van der Waals surface area contributed by atoms with Crippen LogP contribution in [0.2, 0.25) is 5.02 Å². The first-order valence-electron chi connectivity index (χ1n) is 11.0. The number of aryl methyl sites for hydroxylation is 1. The van der Waals surface area contributed by atoms with Crippen LogP contribution in [0.15, 0.2) is 46.6 Å². The summed E-state index contributed by atoms with van der Waals surface area (Å²) in [6.45, 7) is 6.86. The Kier molecular flexibility index (Phi) is 5.96. The zero-order valence-electron chi connectivity index (χ0n) is 18.8. The molecule has 5 rings (SSSR count).